The van der Waals surface area contributed by atoms with Crippen molar-refractivity contribution in [2.75, 3.05) is 19.5 Å². The van der Waals surface area contributed by atoms with Crippen LogP contribution in [-0.4, -0.2) is 25.9 Å². The van der Waals surface area contributed by atoms with Crippen LogP contribution in [0.15, 0.2) is 18.2 Å². The number of amides is 1. The molecule has 19 heavy (non-hydrogen) atoms. The molecular formula is C14H22N2O3. The van der Waals surface area contributed by atoms with Crippen LogP contribution < -0.4 is 15.4 Å². The Morgan fingerprint density at radius 3 is 2.53 bits per heavy atom. The van der Waals surface area contributed by atoms with Gasteiger partial charge in [-0.2, -0.15) is 0 Å². The van der Waals surface area contributed by atoms with Gasteiger partial charge >= 0.3 is 6.09 Å². The fourth-order valence-electron chi connectivity index (χ4n) is 1.61. The summed E-state index contributed by atoms with van der Waals surface area (Å²) in [4.78, 5) is 11.7. The van der Waals surface area contributed by atoms with Crippen molar-refractivity contribution in [3.63, 3.8) is 0 Å². The average molecular weight is 266 g/mol. The molecule has 0 aliphatic heterocycles. The lowest BCUT2D eigenvalue weighted by molar-refractivity contribution is 0.0636. The lowest BCUT2D eigenvalue weighted by Crippen LogP contribution is -2.27. The lowest BCUT2D eigenvalue weighted by atomic mass is 10.1. The first kappa shape index (κ1) is 15.3. The molecule has 1 aromatic rings. The van der Waals surface area contributed by atoms with E-state index < -0.39 is 11.7 Å². The van der Waals surface area contributed by atoms with Gasteiger partial charge in [-0.15, -0.1) is 0 Å². The van der Waals surface area contributed by atoms with Gasteiger partial charge < -0.3 is 14.8 Å². The normalized spacial score (nSPS) is 11.0. The summed E-state index contributed by atoms with van der Waals surface area (Å²) >= 11 is 0. The summed E-state index contributed by atoms with van der Waals surface area (Å²) in [6, 6.07) is 5.46. The van der Waals surface area contributed by atoms with Crippen LogP contribution in [0, 0.1) is 0 Å². The topological polar surface area (TPSA) is 59.6 Å². The van der Waals surface area contributed by atoms with E-state index in [4.69, 9.17) is 9.47 Å². The number of ether oxygens (including phenoxy) is 2. The van der Waals surface area contributed by atoms with Gasteiger partial charge in [0.25, 0.3) is 0 Å². The molecule has 0 saturated carbocycles. The van der Waals surface area contributed by atoms with E-state index in [2.05, 4.69) is 10.6 Å². The Morgan fingerprint density at radius 2 is 2.00 bits per heavy atom. The number of carbonyl (C=O) groups excluding carboxylic acids is 1. The van der Waals surface area contributed by atoms with Crippen molar-refractivity contribution in [2.45, 2.75) is 32.9 Å². The number of carbonyl (C=O) groups is 1. The highest BCUT2D eigenvalue weighted by atomic mass is 16.6. The highest BCUT2D eigenvalue weighted by Crippen LogP contribution is 2.23. The Labute approximate surface area is 114 Å². The maximum Gasteiger partial charge on any atom is 0.412 e. The Morgan fingerprint density at radius 1 is 1.32 bits per heavy atom. The molecule has 1 amide bonds. The first-order valence-electron chi connectivity index (χ1n) is 6.17. The van der Waals surface area contributed by atoms with Crippen molar-refractivity contribution in [2.24, 2.45) is 0 Å². The molecule has 0 atom stereocenters. The van der Waals surface area contributed by atoms with E-state index >= 15 is 0 Å². The van der Waals surface area contributed by atoms with Crippen molar-refractivity contribution in [3.05, 3.63) is 23.8 Å². The Balaban J connectivity index is 2.79. The molecule has 0 spiro atoms. The molecule has 0 aliphatic carbocycles. The van der Waals surface area contributed by atoms with Gasteiger partial charge in [0, 0.05) is 17.8 Å². The molecule has 1 aromatic carbocycles. The van der Waals surface area contributed by atoms with Gasteiger partial charge in [-0.3, -0.25) is 5.32 Å². The second kappa shape index (κ2) is 6.43. The molecule has 0 radical (unpaired) electrons. The standard InChI is InChI=1S/C14H22N2O3/c1-14(2,3)19-13(17)16-11-6-7-12(18-5)10(8-11)9-15-4/h6-8,15H,9H2,1-5H3,(H,16,17). The number of hydrogen-bond acceptors (Lipinski definition) is 4. The fraction of sp³-hybridized carbons (Fsp3) is 0.500. The fourth-order valence-corrected chi connectivity index (χ4v) is 1.61. The van der Waals surface area contributed by atoms with E-state index in [1.54, 1.807) is 13.2 Å². The van der Waals surface area contributed by atoms with E-state index in [9.17, 15) is 4.79 Å². The number of hydrogen-bond donors (Lipinski definition) is 2. The molecule has 1 rings (SSSR count). The number of benzene rings is 1. The van der Waals surface area contributed by atoms with Crippen LogP contribution in [0.3, 0.4) is 0 Å². The van der Waals surface area contributed by atoms with Gasteiger partial charge in [-0.25, -0.2) is 4.79 Å². The van der Waals surface area contributed by atoms with Gasteiger partial charge in [-0.1, -0.05) is 0 Å². The first-order valence-corrected chi connectivity index (χ1v) is 6.17. The van der Waals surface area contributed by atoms with Crippen LogP contribution in [0.4, 0.5) is 10.5 Å². The molecule has 2 N–H and O–H groups in total. The van der Waals surface area contributed by atoms with Crippen molar-refractivity contribution >= 4 is 11.8 Å². The summed E-state index contributed by atoms with van der Waals surface area (Å²) in [6.45, 7) is 6.14. The molecule has 0 heterocycles. The smallest absolute Gasteiger partial charge is 0.412 e. The van der Waals surface area contributed by atoms with Crippen LogP contribution in [-0.2, 0) is 11.3 Å². The maximum absolute atomic E-state index is 11.7. The summed E-state index contributed by atoms with van der Waals surface area (Å²) in [5.41, 5.74) is 1.14. The van der Waals surface area contributed by atoms with Crippen molar-refractivity contribution in [1.82, 2.24) is 5.32 Å². The molecule has 106 valence electrons. The summed E-state index contributed by atoms with van der Waals surface area (Å²) in [6.07, 6.45) is -0.465. The van der Waals surface area contributed by atoms with E-state index in [0.717, 1.165) is 11.3 Å². The lowest BCUT2D eigenvalue weighted by Gasteiger charge is -2.20. The summed E-state index contributed by atoms with van der Waals surface area (Å²) in [7, 11) is 3.48. The SMILES string of the molecule is CNCc1cc(NC(=O)OC(C)(C)C)ccc1OC. The van der Waals surface area contributed by atoms with Crippen molar-refractivity contribution < 1.29 is 14.3 Å². The zero-order valence-corrected chi connectivity index (χ0v) is 12.2. The number of rotatable bonds is 4. The number of methoxy groups -OCH3 is 1. The maximum atomic E-state index is 11.7. The third kappa shape index (κ3) is 5.18. The molecular weight excluding hydrogens is 244 g/mol. The van der Waals surface area contributed by atoms with E-state index in [0.29, 0.717) is 12.2 Å². The molecule has 0 saturated heterocycles. The molecule has 0 unspecified atom stereocenters. The van der Waals surface area contributed by atoms with Gasteiger partial charge in [0.15, 0.2) is 0 Å². The minimum Gasteiger partial charge on any atom is -0.496 e. The van der Waals surface area contributed by atoms with Crippen LogP contribution in [0.1, 0.15) is 26.3 Å². The summed E-state index contributed by atoms with van der Waals surface area (Å²) < 4.78 is 10.5. The van der Waals surface area contributed by atoms with Gasteiger partial charge in [0.2, 0.25) is 0 Å². The zero-order valence-electron chi connectivity index (χ0n) is 12.2. The molecule has 0 bridgehead atoms. The molecule has 0 fully saturated rings. The third-order valence-corrected chi connectivity index (χ3v) is 2.29. The Kier molecular flexibility index (Phi) is 5.18. The first-order chi connectivity index (χ1) is 8.85. The average Bonchev–Trinajstić information content (AvgIpc) is 2.27. The Hall–Kier alpha value is -1.75. The van der Waals surface area contributed by atoms with E-state index in [-0.39, 0.29) is 0 Å². The molecule has 0 aliphatic rings. The van der Waals surface area contributed by atoms with Crippen molar-refractivity contribution in [3.8, 4) is 5.75 Å². The van der Waals surface area contributed by atoms with Gasteiger partial charge in [0.05, 0.1) is 7.11 Å². The van der Waals surface area contributed by atoms with Crippen LogP contribution in [0.25, 0.3) is 0 Å². The molecule has 5 nitrogen and oxygen atoms in total. The largest absolute Gasteiger partial charge is 0.496 e. The third-order valence-electron chi connectivity index (χ3n) is 2.29. The monoisotopic (exact) mass is 266 g/mol. The van der Waals surface area contributed by atoms with Gasteiger partial charge in [0.1, 0.15) is 11.4 Å². The predicted octanol–water partition coefficient (Wildman–Crippen LogP) is 2.76. The zero-order chi connectivity index (χ0) is 14.5. The summed E-state index contributed by atoms with van der Waals surface area (Å²) in [5.74, 6) is 0.782. The van der Waals surface area contributed by atoms with Crippen molar-refractivity contribution in [1.29, 1.82) is 0 Å². The number of anilines is 1. The number of nitrogens with one attached hydrogen (secondary N) is 2. The van der Waals surface area contributed by atoms with E-state index in [1.165, 1.54) is 0 Å². The molecule has 5 heteroatoms. The predicted molar refractivity (Wildman–Crippen MR) is 75.6 cm³/mol. The highest BCUT2D eigenvalue weighted by molar-refractivity contribution is 5.85. The van der Waals surface area contributed by atoms with Crippen LogP contribution in [0.2, 0.25) is 0 Å². The van der Waals surface area contributed by atoms with Crippen LogP contribution in [0.5, 0.6) is 5.75 Å². The Bertz CT molecular complexity index is 439. The van der Waals surface area contributed by atoms with Crippen LogP contribution >= 0.6 is 0 Å². The quantitative estimate of drug-likeness (QED) is 0.879. The second-order valence-corrected chi connectivity index (χ2v) is 5.18. The second-order valence-electron chi connectivity index (χ2n) is 5.18. The summed E-state index contributed by atoms with van der Waals surface area (Å²) in [5, 5.41) is 5.76. The minimum absolute atomic E-state index is 0.465. The highest BCUT2D eigenvalue weighted by Gasteiger charge is 2.16. The minimum atomic E-state index is -0.510. The van der Waals surface area contributed by atoms with Gasteiger partial charge in [-0.05, 0) is 46.0 Å². The van der Waals surface area contributed by atoms with E-state index in [1.807, 2.05) is 40.0 Å². The molecule has 0 aromatic heterocycles.